The lowest BCUT2D eigenvalue weighted by Crippen LogP contribution is -2.38. The van der Waals surface area contributed by atoms with Gasteiger partial charge in [-0.3, -0.25) is 4.79 Å². The molecule has 0 fully saturated rings. The number of carbonyl (C=O) groups is 2. The summed E-state index contributed by atoms with van der Waals surface area (Å²) < 4.78 is 46.1. The number of rotatable bonds is 5. The van der Waals surface area contributed by atoms with Crippen LogP contribution in [0.15, 0.2) is 75.7 Å². The van der Waals surface area contributed by atoms with Gasteiger partial charge in [0.25, 0.3) is 0 Å². The first-order valence-electron chi connectivity index (χ1n) is 10.1. The van der Waals surface area contributed by atoms with Crippen LogP contribution >= 0.6 is 15.9 Å². The monoisotopic (exact) mass is 522 g/mol. The van der Waals surface area contributed by atoms with E-state index in [0.717, 1.165) is 16.6 Å². The number of nitrogens with zero attached hydrogens (tertiary/aromatic N) is 1. The van der Waals surface area contributed by atoms with Crippen LogP contribution in [-0.2, 0) is 20.5 Å². The summed E-state index contributed by atoms with van der Waals surface area (Å²) in [6, 6.07) is 11.6. The molecule has 5 nitrogen and oxygen atoms in total. The first-order valence-corrected chi connectivity index (χ1v) is 10.9. The van der Waals surface area contributed by atoms with Crippen LogP contribution in [-0.4, -0.2) is 18.4 Å². The van der Waals surface area contributed by atoms with Crippen molar-refractivity contribution in [2.24, 2.45) is 5.73 Å². The van der Waals surface area contributed by atoms with Crippen LogP contribution in [0.25, 0.3) is 0 Å². The van der Waals surface area contributed by atoms with Crippen LogP contribution in [0.1, 0.15) is 37.8 Å². The van der Waals surface area contributed by atoms with Crippen LogP contribution < -0.4 is 10.6 Å². The number of Topliss-reactive ketones (excluding diaryl/α,β-unsaturated/α-hetero) is 1. The van der Waals surface area contributed by atoms with Crippen molar-refractivity contribution >= 4 is 33.4 Å². The Balaban J connectivity index is 2.31. The number of ether oxygens (including phenoxy) is 1. The van der Waals surface area contributed by atoms with Gasteiger partial charge < -0.3 is 15.4 Å². The molecular weight excluding hydrogens is 501 g/mol. The van der Waals surface area contributed by atoms with Gasteiger partial charge in [-0.2, -0.15) is 13.2 Å². The highest BCUT2D eigenvalue weighted by molar-refractivity contribution is 9.10. The molecule has 0 amide bonds. The number of benzene rings is 2. The molecular formula is C24H22BrF3N2O3. The molecule has 9 heteroatoms. The molecule has 2 N–H and O–H groups in total. The van der Waals surface area contributed by atoms with Gasteiger partial charge in [0.2, 0.25) is 0 Å². The van der Waals surface area contributed by atoms with Crippen LogP contribution in [0.2, 0.25) is 0 Å². The third-order valence-corrected chi connectivity index (χ3v) is 5.86. The molecule has 1 atom stereocenters. The predicted molar refractivity (Wildman–Crippen MR) is 122 cm³/mol. The fourth-order valence-electron chi connectivity index (χ4n) is 3.95. The maximum atomic E-state index is 13.3. The van der Waals surface area contributed by atoms with Gasteiger partial charge in [0, 0.05) is 21.4 Å². The number of carbonyl (C=O) groups excluding carboxylic acids is 2. The first-order chi connectivity index (χ1) is 15.5. The number of nitrogens with two attached hydrogens (primary N) is 1. The highest BCUT2D eigenvalue weighted by atomic mass is 79.9. The Kier molecular flexibility index (Phi) is 7.02. The minimum Gasteiger partial charge on any atom is -0.463 e. The third kappa shape index (κ3) is 4.83. The van der Waals surface area contributed by atoms with E-state index in [-0.39, 0.29) is 35.0 Å². The molecule has 0 saturated heterocycles. The lowest BCUT2D eigenvalue weighted by Gasteiger charge is -2.37. The van der Waals surface area contributed by atoms with E-state index >= 15 is 0 Å². The van der Waals surface area contributed by atoms with E-state index in [1.807, 2.05) is 0 Å². The highest BCUT2D eigenvalue weighted by Gasteiger charge is 2.40. The van der Waals surface area contributed by atoms with Gasteiger partial charge in [-0.1, -0.05) is 34.1 Å². The lowest BCUT2D eigenvalue weighted by atomic mass is 9.79. The van der Waals surface area contributed by atoms with Gasteiger partial charge >= 0.3 is 12.1 Å². The lowest BCUT2D eigenvalue weighted by molar-refractivity contribution is -0.139. The Morgan fingerprint density at radius 3 is 2.30 bits per heavy atom. The summed E-state index contributed by atoms with van der Waals surface area (Å²) in [5.41, 5.74) is 6.82. The Hall–Kier alpha value is -3.07. The van der Waals surface area contributed by atoms with Crippen molar-refractivity contribution in [3.8, 4) is 0 Å². The number of hydrogen-bond acceptors (Lipinski definition) is 5. The van der Waals surface area contributed by atoms with Gasteiger partial charge in [-0.05, 0) is 56.7 Å². The van der Waals surface area contributed by atoms with E-state index in [1.165, 1.54) is 24.0 Å². The van der Waals surface area contributed by atoms with E-state index in [9.17, 15) is 22.8 Å². The quantitative estimate of drug-likeness (QED) is 0.512. The molecule has 0 saturated carbocycles. The fraction of sp³-hybridized carbons (Fsp3) is 0.250. The van der Waals surface area contributed by atoms with E-state index < -0.39 is 23.6 Å². The highest BCUT2D eigenvalue weighted by Crippen LogP contribution is 2.44. The van der Waals surface area contributed by atoms with Crippen LogP contribution in [0.3, 0.4) is 0 Å². The Labute approximate surface area is 197 Å². The molecule has 0 aliphatic carbocycles. The zero-order valence-electron chi connectivity index (χ0n) is 18.2. The molecule has 1 heterocycles. The summed E-state index contributed by atoms with van der Waals surface area (Å²) >= 11 is 3.36. The van der Waals surface area contributed by atoms with Gasteiger partial charge in [-0.15, -0.1) is 0 Å². The largest absolute Gasteiger partial charge is 0.463 e. The standard InChI is InChI=1S/C24H22BrF3N2O3/c1-4-33-23(32)21-20(15-8-10-17(25)11-9-15)19(14(3)31)13(2)30(22(21)29)18-7-5-6-16(12-18)24(26,27)28/h5-12,20H,4,29H2,1-3H3. The molecule has 1 aliphatic rings. The average molecular weight is 523 g/mol. The molecule has 0 aromatic heterocycles. The molecule has 0 radical (unpaired) electrons. The van der Waals surface area contributed by atoms with Crippen molar-refractivity contribution in [1.82, 2.24) is 0 Å². The van der Waals surface area contributed by atoms with Gasteiger partial charge in [0.1, 0.15) is 5.82 Å². The zero-order valence-corrected chi connectivity index (χ0v) is 19.8. The molecule has 0 bridgehead atoms. The van der Waals surface area contributed by atoms with E-state index in [0.29, 0.717) is 11.3 Å². The molecule has 3 rings (SSSR count). The van der Waals surface area contributed by atoms with Crippen molar-refractivity contribution in [2.75, 3.05) is 11.5 Å². The number of anilines is 1. The average Bonchev–Trinajstić information content (AvgIpc) is 2.73. The second-order valence-electron chi connectivity index (χ2n) is 7.44. The summed E-state index contributed by atoms with van der Waals surface area (Å²) in [7, 11) is 0. The Morgan fingerprint density at radius 2 is 1.76 bits per heavy atom. The van der Waals surface area contributed by atoms with E-state index in [1.54, 1.807) is 38.1 Å². The zero-order chi connectivity index (χ0) is 24.5. The number of halogens is 4. The third-order valence-electron chi connectivity index (χ3n) is 5.33. The normalized spacial score (nSPS) is 16.8. The smallest absolute Gasteiger partial charge is 0.416 e. The van der Waals surface area contributed by atoms with Crippen LogP contribution in [0, 0.1) is 0 Å². The molecule has 1 aliphatic heterocycles. The van der Waals surface area contributed by atoms with Crippen molar-refractivity contribution in [2.45, 2.75) is 32.9 Å². The SMILES string of the molecule is CCOC(=O)C1=C(N)N(c2cccc(C(F)(F)F)c2)C(C)=C(C(C)=O)C1c1ccc(Br)cc1. The number of ketones is 1. The summed E-state index contributed by atoms with van der Waals surface area (Å²) in [5, 5.41) is 0. The summed E-state index contributed by atoms with van der Waals surface area (Å²) in [4.78, 5) is 27.1. The Bertz CT molecular complexity index is 1150. The molecule has 33 heavy (non-hydrogen) atoms. The number of hydrogen-bond donors (Lipinski definition) is 1. The van der Waals surface area contributed by atoms with Crippen molar-refractivity contribution < 1.29 is 27.5 Å². The summed E-state index contributed by atoms with van der Waals surface area (Å²) in [5.74, 6) is -2.02. The van der Waals surface area contributed by atoms with Gasteiger partial charge in [-0.25, -0.2) is 4.79 Å². The predicted octanol–water partition coefficient (Wildman–Crippen LogP) is 5.67. The minimum absolute atomic E-state index is 0.00705. The second kappa shape index (κ2) is 9.43. The first kappa shape index (κ1) is 24.6. The van der Waals surface area contributed by atoms with Gasteiger partial charge in [0.05, 0.1) is 23.7 Å². The van der Waals surface area contributed by atoms with Crippen LogP contribution in [0.4, 0.5) is 18.9 Å². The molecule has 2 aromatic rings. The fourth-order valence-corrected chi connectivity index (χ4v) is 4.22. The van der Waals surface area contributed by atoms with Crippen LogP contribution in [0.5, 0.6) is 0 Å². The van der Waals surface area contributed by atoms with Gasteiger partial charge in [0.15, 0.2) is 5.78 Å². The second-order valence-corrected chi connectivity index (χ2v) is 8.36. The minimum atomic E-state index is -4.57. The topological polar surface area (TPSA) is 72.6 Å². The summed E-state index contributed by atoms with van der Waals surface area (Å²) in [6.07, 6.45) is -4.57. The van der Waals surface area contributed by atoms with Crippen molar-refractivity contribution in [1.29, 1.82) is 0 Å². The molecule has 2 aromatic carbocycles. The summed E-state index contributed by atoms with van der Waals surface area (Å²) in [6.45, 7) is 4.63. The number of allylic oxidation sites excluding steroid dienone is 2. The van der Waals surface area contributed by atoms with Crippen molar-refractivity contribution in [3.63, 3.8) is 0 Å². The Morgan fingerprint density at radius 1 is 1.12 bits per heavy atom. The molecule has 1 unspecified atom stereocenters. The maximum Gasteiger partial charge on any atom is 0.416 e. The van der Waals surface area contributed by atoms with Crippen molar-refractivity contribution in [3.05, 3.63) is 86.8 Å². The molecule has 0 spiro atoms. The number of alkyl halides is 3. The number of esters is 1. The maximum absolute atomic E-state index is 13.3. The van der Waals surface area contributed by atoms with E-state index in [2.05, 4.69) is 15.9 Å². The van der Waals surface area contributed by atoms with E-state index in [4.69, 9.17) is 10.5 Å². The molecule has 174 valence electrons.